The number of esters is 1. The lowest BCUT2D eigenvalue weighted by Gasteiger charge is -2.33. The fourth-order valence-electron chi connectivity index (χ4n) is 2.31. The average molecular weight is 338 g/mol. The van der Waals surface area contributed by atoms with Gasteiger partial charge in [0.05, 0.1) is 6.61 Å². The molecular formula is C16H23BO7. The van der Waals surface area contributed by atoms with Gasteiger partial charge in [-0.15, -0.1) is 0 Å². The Hall–Kier alpha value is -1.93. The predicted molar refractivity (Wildman–Crippen MR) is 87.3 cm³/mol. The number of fused-ring (bicyclic) bond motifs is 1. The van der Waals surface area contributed by atoms with Crippen molar-refractivity contribution in [3.63, 3.8) is 0 Å². The molecule has 0 aromatic heterocycles. The van der Waals surface area contributed by atoms with Crippen LogP contribution in [0.15, 0.2) is 12.1 Å². The highest BCUT2D eigenvalue weighted by atomic mass is 16.7. The minimum absolute atomic E-state index is 0.149. The van der Waals surface area contributed by atoms with Crippen LogP contribution >= 0.6 is 0 Å². The molecule has 0 saturated heterocycles. The quantitative estimate of drug-likeness (QED) is 0.425. The van der Waals surface area contributed by atoms with E-state index in [0.29, 0.717) is 12.4 Å². The fourth-order valence-corrected chi connectivity index (χ4v) is 2.31. The van der Waals surface area contributed by atoms with Gasteiger partial charge >= 0.3 is 13.1 Å². The molecule has 0 atom stereocenters. The van der Waals surface area contributed by atoms with Crippen molar-refractivity contribution in [1.29, 1.82) is 0 Å². The van der Waals surface area contributed by atoms with Crippen molar-refractivity contribution in [3.05, 3.63) is 17.7 Å². The summed E-state index contributed by atoms with van der Waals surface area (Å²) >= 11 is 0. The maximum absolute atomic E-state index is 12.4. The van der Waals surface area contributed by atoms with Gasteiger partial charge in [0.15, 0.2) is 11.5 Å². The van der Waals surface area contributed by atoms with E-state index in [1.54, 1.807) is 26.0 Å². The monoisotopic (exact) mass is 338 g/mol. The Morgan fingerprint density at radius 3 is 2.50 bits per heavy atom. The Kier molecular flexibility index (Phi) is 5.96. The standard InChI is InChI=1S/C16H23BO7/c1-4-5-6-9-21-11-7-8-12(22-10-17(19)20)14-13(11)15(18)24-16(2,3)23-14/h7-8,19-20H,4-6,9-10H2,1-3H3. The van der Waals surface area contributed by atoms with E-state index in [4.69, 9.17) is 29.0 Å². The van der Waals surface area contributed by atoms with Gasteiger partial charge in [-0.1, -0.05) is 19.8 Å². The first-order valence-electron chi connectivity index (χ1n) is 8.05. The molecule has 0 spiro atoms. The summed E-state index contributed by atoms with van der Waals surface area (Å²) in [5.41, 5.74) is 0.149. The molecule has 24 heavy (non-hydrogen) atoms. The zero-order chi connectivity index (χ0) is 17.7. The van der Waals surface area contributed by atoms with Crippen LogP contribution in [0.5, 0.6) is 17.2 Å². The van der Waals surface area contributed by atoms with E-state index < -0.39 is 18.9 Å². The van der Waals surface area contributed by atoms with Gasteiger partial charge < -0.3 is 29.0 Å². The highest BCUT2D eigenvalue weighted by molar-refractivity contribution is 6.40. The molecule has 0 aliphatic carbocycles. The SMILES string of the molecule is CCCCCOc1ccc(OCB(O)O)c2c1C(=O)OC(C)(C)O2. The third-order valence-electron chi connectivity index (χ3n) is 3.37. The number of cyclic esters (lactones) is 1. The Labute approximate surface area is 141 Å². The third kappa shape index (κ3) is 4.55. The summed E-state index contributed by atoms with van der Waals surface area (Å²) in [5.74, 6) is -0.949. The van der Waals surface area contributed by atoms with Crippen molar-refractivity contribution in [2.24, 2.45) is 0 Å². The fraction of sp³-hybridized carbons (Fsp3) is 0.562. The van der Waals surface area contributed by atoms with Crippen molar-refractivity contribution in [3.8, 4) is 17.2 Å². The van der Waals surface area contributed by atoms with Crippen LogP contribution in [0, 0.1) is 0 Å². The number of unbranched alkanes of at least 4 members (excludes halogenated alkanes) is 2. The van der Waals surface area contributed by atoms with Crippen LogP contribution in [0.3, 0.4) is 0 Å². The molecule has 0 unspecified atom stereocenters. The molecule has 1 heterocycles. The van der Waals surface area contributed by atoms with Crippen molar-refractivity contribution < 1.29 is 33.8 Å². The Morgan fingerprint density at radius 2 is 1.83 bits per heavy atom. The lowest BCUT2D eigenvalue weighted by Crippen LogP contribution is -2.39. The molecule has 7 nitrogen and oxygen atoms in total. The number of ether oxygens (including phenoxy) is 4. The van der Waals surface area contributed by atoms with Gasteiger partial charge in [0.1, 0.15) is 17.8 Å². The minimum atomic E-state index is -1.63. The third-order valence-corrected chi connectivity index (χ3v) is 3.37. The van der Waals surface area contributed by atoms with Gasteiger partial charge in [0, 0.05) is 13.8 Å². The number of benzene rings is 1. The highest BCUT2D eigenvalue weighted by Gasteiger charge is 2.38. The van der Waals surface area contributed by atoms with Crippen LogP contribution in [0.25, 0.3) is 0 Å². The van der Waals surface area contributed by atoms with Crippen LogP contribution in [0.4, 0.5) is 0 Å². The van der Waals surface area contributed by atoms with Gasteiger partial charge in [0.2, 0.25) is 5.79 Å². The number of carbonyl (C=O) groups is 1. The molecule has 1 aliphatic rings. The molecule has 0 fully saturated rings. The van der Waals surface area contributed by atoms with Gasteiger partial charge in [-0.05, 0) is 18.6 Å². The average Bonchev–Trinajstić information content (AvgIpc) is 2.48. The zero-order valence-electron chi connectivity index (χ0n) is 14.2. The van der Waals surface area contributed by atoms with E-state index in [9.17, 15) is 4.79 Å². The van der Waals surface area contributed by atoms with Crippen LogP contribution < -0.4 is 14.2 Å². The molecule has 0 saturated carbocycles. The molecule has 8 heteroatoms. The molecular weight excluding hydrogens is 315 g/mol. The first kappa shape index (κ1) is 18.4. The summed E-state index contributed by atoms with van der Waals surface area (Å²) in [6.07, 6.45) is 2.98. The van der Waals surface area contributed by atoms with E-state index in [1.165, 1.54) is 0 Å². The zero-order valence-corrected chi connectivity index (χ0v) is 14.2. The van der Waals surface area contributed by atoms with Crippen LogP contribution in [0.2, 0.25) is 0 Å². The van der Waals surface area contributed by atoms with E-state index in [0.717, 1.165) is 19.3 Å². The van der Waals surface area contributed by atoms with Crippen LogP contribution in [-0.2, 0) is 4.74 Å². The first-order valence-corrected chi connectivity index (χ1v) is 8.05. The first-order chi connectivity index (χ1) is 11.3. The lowest BCUT2D eigenvalue weighted by molar-refractivity contribution is -0.128. The van der Waals surface area contributed by atoms with E-state index in [-0.39, 0.29) is 23.6 Å². The van der Waals surface area contributed by atoms with Gasteiger partial charge in [0.25, 0.3) is 0 Å². The molecule has 2 N–H and O–H groups in total. The summed E-state index contributed by atoms with van der Waals surface area (Å²) in [7, 11) is -1.63. The Morgan fingerprint density at radius 1 is 1.12 bits per heavy atom. The normalized spacial score (nSPS) is 15.1. The summed E-state index contributed by atoms with van der Waals surface area (Å²) in [4.78, 5) is 12.4. The molecule has 2 rings (SSSR count). The maximum atomic E-state index is 12.4. The van der Waals surface area contributed by atoms with Crippen molar-refractivity contribution in [2.75, 3.05) is 13.1 Å². The van der Waals surface area contributed by atoms with Crippen molar-refractivity contribution >= 4 is 13.1 Å². The summed E-state index contributed by atoms with van der Waals surface area (Å²) in [6, 6.07) is 3.16. The second kappa shape index (κ2) is 7.76. The molecule has 1 aromatic carbocycles. The van der Waals surface area contributed by atoms with E-state index in [1.807, 2.05) is 0 Å². The summed E-state index contributed by atoms with van der Waals surface area (Å²) in [6.45, 7) is 5.44. The lowest BCUT2D eigenvalue weighted by atomic mass is 9.95. The molecule has 132 valence electrons. The minimum Gasteiger partial charge on any atom is -0.493 e. The molecule has 1 aromatic rings. The number of carbonyl (C=O) groups excluding carboxylic acids is 1. The Balaban J connectivity index is 2.30. The number of hydrogen-bond acceptors (Lipinski definition) is 7. The number of hydrogen-bond donors (Lipinski definition) is 2. The van der Waals surface area contributed by atoms with Crippen LogP contribution in [-0.4, -0.2) is 42.0 Å². The summed E-state index contributed by atoms with van der Waals surface area (Å²) < 4.78 is 22.0. The van der Waals surface area contributed by atoms with Crippen molar-refractivity contribution in [1.82, 2.24) is 0 Å². The van der Waals surface area contributed by atoms with Gasteiger partial charge in [-0.2, -0.15) is 0 Å². The largest absolute Gasteiger partial charge is 0.493 e. The predicted octanol–water partition coefficient (Wildman–Crippen LogP) is 1.93. The topological polar surface area (TPSA) is 94.5 Å². The second-order valence-corrected chi connectivity index (χ2v) is 6.00. The van der Waals surface area contributed by atoms with E-state index >= 15 is 0 Å². The highest BCUT2D eigenvalue weighted by Crippen LogP contribution is 2.43. The maximum Gasteiger partial charge on any atom is 0.491 e. The van der Waals surface area contributed by atoms with Crippen molar-refractivity contribution in [2.45, 2.75) is 45.8 Å². The van der Waals surface area contributed by atoms with E-state index in [2.05, 4.69) is 6.92 Å². The number of rotatable bonds is 8. The smallest absolute Gasteiger partial charge is 0.491 e. The molecule has 1 aliphatic heterocycles. The van der Waals surface area contributed by atoms with Gasteiger partial charge in [-0.25, -0.2) is 4.79 Å². The van der Waals surface area contributed by atoms with Crippen LogP contribution in [0.1, 0.15) is 50.4 Å². The second-order valence-electron chi connectivity index (χ2n) is 6.00. The molecule has 0 bridgehead atoms. The molecule has 0 amide bonds. The summed E-state index contributed by atoms with van der Waals surface area (Å²) in [5, 5.41) is 17.9. The molecule has 0 radical (unpaired) electrons. The Bertz CT molecular complexity index is 586. The van der Waals surface area contributed by atoms with Gasteiger partial charge in [-0.3, -0.25) is 0 Å².